The van der Waals surface area contributed by atoms with Crippen molar-refractivity contribution in [2.45, 2.75) is 12.2 Å². The van der Waals surface area contributed by atoms with E-state index in [-0.39, 0.29) is 16.9 Å². The monoisotopic (exact) mass is 270 g/mol. The molecule has 104 valence electrons. The molecule has 2 unspecified atom stereocenters. The number of esters is 1. The first-order valence-electron chi connectivity index (χ1n) is 5.27. The summed E-state index contributed by atoms with van der Waals surface area (Å²) in [7, 11) is 2.51. The lowest BCUT2D eigenvalue weighted by Gasteiger charge is -2.18. The zero-order chi connectivity index (χ0) is 14.6. The third-order valence-electron chi connectivity index (χ3n) is 2.52. The topological polar surface area (TPSA) is 113 Å². The number of carboxylic acids is 1. The summed E-state index contributed by atoms with van der Waals surface area (Å²) in [6.45, 7) is 0. The Bertz CT molecular complexity index is 483. The van der Waals surface area contributed by atoms with E-state index in [1.165, 1.54) is 32.4 Å². The lowest BCUT2D eigenvalue weighted by Crippen LogP contribution is -2.28. The summed E-state index contributed by atoms with van der Waals surface area (Å²) in [6, 6.07) is 3.98. The van der Waals surface area contributed by atoms with E-state index in [1.807, 2.05) is 0 Å². The van der Waals surface area contributed by atoms with E-state index in [1.54, 1.807) is 0 Å². The van der Waals surface area contributed by atoms with Crippen molar-refractivity contribution in [2.75, 3.05) is 14.2 Å². The molecule has 0 radical (unpaired) electrons. The summed E-state index contributed by atoms with van der Waals surface area (Å²) < 4.78 is 9.46. The molecule has 1 aromatic rings. The highest BCUT2D eigenvalue weighted by Gasteiger charge is 2.28. The first-order chi connectivity index (χ1) is 8.92. The standard InChI is InChI=1S/C12H14O7/c1-18-8-4-3-6(12(17)19-2)5-7(8)9(13)10(14)11(15)16/h3-5,9-10,13-14H,1-2H3,(H,15,16). The van der Waals surface area contributed by atoms with Gasteiger partial charge < -0.3 is 24.8 Å². The molecule has 2 atom stereocenters. The van der Waals surface area contributed by atoms with Gasteiger partial charge in [0.15, 0.2) is 6.10 Å². The molecule has 7 nitrogen and oxygen atoms in total. The van der Waals surface area contributed by atoms with Crippen LogP contribution in [0.5, 0.6) is 5.75 Å². The van der Waals surface area contributed by atoms with Crippen molar-refractivity contribution in [1.29, 1.82) is 0 Å². The normalized spacial score (nSPS) is 13.5. The van der Waals surface area contributed by atoms with E-state index in [0.717, 1.165) is 0 Å². The van der Waals surface area contributed by atoms with Gasteiger partial charge in [-0.2, -0.15) is 0 Å². The number of carbonyl (C=O) groups excluding carboxylic acids is 1. The lowest BCUT2D eigenvalue weighted by molar-refractivity contribution is -0.153. The highest BCUT2D eigenvalue weighted by Crippen LogP contribution is 2.28. The summed E-state index contributed by atoms with van der Waals surface area (Å²) in [5, 5.41) is 27.8. The molecule has 0 spiro atoms. The molecule has 0 aliphatic carbocycles. The van der Waals surface area contributed by atoms with Crippen LogP contribution in [-0.4, -0.2) is 47.6 Å². The minimum Gasteiger partial charge on any atom is -0.496 e. The fraction of sp³-hybridized carbons (Fsp3) is 0.333. The molecule has 3 N–H and O–H groups in total. The summed E-state index contributed by atoms with van der Waals surface area (Å²) in [5.74, 6) is -2.08. The van der Waals surface area contributed by atoms with Crippen molar-refractivity contribution in [1.82, 2.24) is 0 Å². The number of aliphatic carboxylic acids is 1. The Morgan fingerprint density at radius 1 is 1.21 bits per heavy atom. The van der Waals surface area contributed by atoms with E-state index in [9.17, 15) is 19.8 Å². The van der Waals surface area contributed by atoms with Crippen molar-refractivity contribution >= 4 is 11.9 Å². The second kappa shape index (κ2) is 6.17. The molecule has 0 heterocycles. The van der Waals surface area contributed by atoms with Crippen LogP contribution in [0, 0.1) is 0 Å². The SMILES string of the molecule is COC(=O)c1ccc(OC)c(C(O)C(O)C(=O)O)c1. The van der Waals surface area contributed by atoms with Crippen LogP contribution in [0.1, 0.15) is 22.0 Å². The van der Waals surface area contributed by atoms with Gasteiger partial charge in [0.05, 0.1) is 19.8 Å². The molecule has 0 saturated heterocycles. The molecule has 1 aromatic carbocycles. The molecule has 0 aliphatic heterocycles. The average molecular weight is 270 g/mol. The van der Waals surface area contributed by atoms with Crippen molar-refractivity contribution < 1.29 is 34.4 Å². The van der Waals surface area contributed by atoms with Crippen molar-refractivity contribution in [3.05, 3.63) is 29.3 Å². The molecule has 0 saturated carbocycles. The Hall–Kier alpha value is -2.12. The van der Waals surface area contributed by atoms with Gasteiger partial charge in [0.25, 0.3) is 0 Å². The van der Waals surface area contributed by atoms with Crippen molar-refractivity contribution in [3.8, 4) is 5.75 Å². The van der Waals surface area contributed by atoms with Gasteiger partial charge in [-0.15, -0.1) is 0 Å². The van der Waals surface area contributed by atoms with Gasteiger partial charge in [-0.05, 0) is 18.2 Å². The number of methoxy groups -OCH3 is 2. The minimum absolute atomic E-state index is 0.0136. The number of aliphatic hydroxyl groups excluding tert-OH is 2. The number of ether oxygens (including phenoxy) is 2. The Balaban J connectivity index is 3.22. The average Bonchev–Trinajstić information content (AvgIpc) is 2.43. The van der Waals surface area contributed by atoms with Crippen LogP contribution >= 0.6 is 0 Å². The Labute approximate surface area is 109 Å². The number of hydrogen-bond acceptors (Lipinski definition) is 6. The molecule has 0 amide bonds. The molecule has 0 fully saturated rings. The molecule has 7 heteroatoms. The smallest absolute Gasteiger partial charge is 0.337 e. The van der Waals surface area contributed by atoms with Crippen LogP contribution < -0.4 is 4.74 Å². The molecule has 19 heavy (non-hydrogen) atoms. The second-order valence-electron chi connectivity index (χ2n) is 3.68. The number of hydrogen-bond donors (Lipinski definition) is 3. The largest absolute Gasteiger partial charge is 0.496 e. The zero-order valence-electron chi connectivity index (χ0n) is 10.4. The van der Waals surface area contributed by atoms with E-state index in [2.05, 4.69) is 4.74 Å². The van der Waals surface area contributed by atoms with Crippen LogP contribution in [0.3, 0.4) is 0 Å². The molecule has 0 aromatic heterocycles. The van der Waals surface area contributed by atoms with Crippen LogP contribution in [0.4, 0.5) is 0 Å². The van der Waals surface area contributed by atoms with Gasteiger partial charge >= 0.3 is 11.9 Å². The van der Waals surface area contributed by atoms with Crippen LogP contribution in [0.15, 0.2) is 18.2 Å². The van der Waals surface area contributed by atoms with Gasteiger partial charge in [0, 0.05) is 5.56 Å². The molecule has 1 rings (SSSR count). The van der Waals surface area contributed by atoms with Crippen molar-refractivity contribution in [3.63, 3.8) is 0 Å². The van der Waals surface area contributed by atoms with Gasteiger partial charge in [-0.25, -0.2) is 9.59 Å². The number of carbonyl (C=O) groups is 2. The summed E-state index contributed by atoms with van der Waals surface area (Å²) >= 11 is 0. The number of rotatable bonds is 5. The van der Waals surface area contributed by atoms with E-state index in [0.29, 0.717) is 0 Å². The maximum Gasteiger partial charge on any atom is 0.337 e. The van der Waals surface area contributed by atoms with Crippen molar-refractivity contribution in [2.24, 2.45) is 0 Å². The van der Waals surface area contributed by atoms with Crippen LogP contribution in [0.2, 0.25) is 0 Å². The Kier molecular flexibility index (Phi) is 4.85. The second-order valence-corrected chi connectivity index (χ2v) is 3.68. The summed E-state index contributed by atoms with van der Waals surface area (Å²) in [4.78, 5) is 22.0. The highest BCUT2D eigenvalue weighted by atomic mass is 16.5. The summed E-state index contributed by atoms with van der Waals surface area (Å²) in [6.07, 6.45) is -3.75. The molecular formula is C12H14O7. The van der Waals surface area contributed by atoms with E-state index in [4.69, 9.17) is 9.84 Å². The maximum absolute atomic E-state index is 11.4. The lowest BCUT2D eigenvalue weighted by atomic mass is 10.0. The third kappa shape index (κ3) is 3.21. The predicted molar refractivity (Wildman–Crippen MR) is 62.9 cm³/mol. The van der Waals surface area contributed by atoms with Gasteiger partial charge in [-0.1, -0.05) is 0 Å². The van der Waals surface area contributed by atoms with Gasteiger partial charge in [-0.3, -0.25) is 0 Å². The molecule has 0 aliphatic rings. The van der Waals surface area contributed by atoms with E-state index >= 15 is 0 Å². The van der Waals surface area contributed by atoms with E-state index < -0.39 is 24.1 Å². The minimum atomic E-state index is -2.03. The first kappa shape index (κ1) is 14.9. The van der Waals surface area contributed by atoms with Gasteiger partial charge in [0.2, 0.25) is 0 Å². The third-order valence-corrected chi connectivity index (χ3v) is 2.52. The number of benzene rings is 1. The van der Waals surface area contributed by atoms with Gasteiger partial charge in [0.1, 0.15) is 11.9 Å². The summed E-state index contributed by atoms with van der Waals surface area (Å²) in [5.41, 5.74) is 0.0928. The number of aliphatic hydroxyl groups is 2. The zero-order valence-corrected chi connectivity index (χ0v) is 10.4. The van der Waals surface area contributed by atoms with Crippen LogP contribution in [0.25, 0.3) is 0 Å². The number of carboxylic acid groups (broad SMARTS) is 1. The molecular weight excluding hydrogens is 256 g/mol. The fourth-order valence-corrected chi connectivity index (χ4v) is 1.52. The Morgan fingerprint density at radius 3 is 2.32 bits per heavy atom. The predicted octanol–water partition coefficient (Wildman–Crippen LogP) is -0.0393. The molecule has 0 bridgehead atoms. The van der Waals surface area contributed by atoms with Crippen LogP contribution in [-0.2, 0) is 9.53 Å². The maximum atomic E-state index is 11.4. The highest BCUT2D eigenvalue weighted by molar-refractivity contribution is 5.89. The first-order valence-corrected chi connectivity index (χ1v) is 5.27. The Morgan fingerprint density at radius 2 is 1.84 bits per heavy atom. The quantitative estimate of drug-likeness (QED) is 0.643. The fourth-order valence-electron chi connectivity index (χ4n) is 1.52.